The number of H-pyrrole nitrogens is 1. The second-order valence-electron chi connectivity index (χ2n) is 6.26. The number of fused-ring (bicyclic) bond motifs is 2. The standard InChI is InChI=1S/C18H16N4S2/c19-10-12-16(23)21-15-13(18(12)8-4-5-9-18)14(20-17(24)22-15)11-6-2-1-3-7-11/h1-3,6-7,23H,4-5,8-9H2,(H2,20,21,22,24). The van der Waals surface area contributed by atoms with E-state index in [4.69, 9.17) is 12.2 Å². The van der Waals surface area contributed by atoms with E-state index < -0.39 is 0 Å². The minimum atomic E-state index is -0.329. The average Bonchev–Trinajstić information content (AvgIpc) is 3.04. The summed E-state index contributed by atoms with van der Waals surface area (Å²) in [5.41, 5.74) is 3.43. The molecule has 1 spiro atoms. The number of hydrogen-bond donors (Lipinski definition) is 3. The fraction of sp³-hybridized carbons (Fsp3) is 0.278. The molecule has 2 N–H and O–H groups in total. The zero-order valence-corrected chi connectivity index (χ0v) is 14.7. The van der Waals surface area contributed by atoms with Crippen molar-refractivity contribution in [2.75, 3.05) is 5.32 Å². The van der Waals surface area contributed by atoms with E-state index in [2.05, 4.69) is 46.1 Å². The van der Waals surface area contributed by atoms with Crippen LogP contribution in [0.1, 0.15) is 31.2 Å². The Morgan fingerprint density at radius 1 is 1.21 bits per heavy atom. The summed E-state index contributed by atoms with van der Waals surface area (Å²) in [6, 6.07) is 12.5. The van der Waals surface area contributed by atoms with E-state index in [-0.39, 0.29) is 5.41 Å². The molecule has 1 aliphatic carbocycles. The van der Waals surface area contributed by atoms with E-state index in [1.165, 1.54) is 0 Å². The van der Waals surface area contributed by atoms with Crippen molar-refractivity contribution in [2.45, 2.75) is 31.1 Å². The highest BCUT2D eigenvalue weighted by Gasteiger charge is 2.47. The Kier molecular flexibility index (Phi) is 3.70. The van der Waals surface area contributed by atoms with Gasteiger partial charge in [-0.2, -0.15) is 5.26 Å². The van der Waals surface area contributed by atoms with Gasteiger partial charge in [0.2, 0.25) is 0 Å². The molecule has 1 aromatic carbocycles. The summed E-state index contributed by atoms with van der Waals surface area (Å²) in [5, 5.41) is 13.6. The number of nitriles is 1. The fourth-order valence-electron chi connectivity index (χ4n) is 4.02. The monoisotopic (exact) mass is 352 g/mol. The molecule has 0 atom stereocenters. The van der Waals surface area contributed by atoms with Crippen LogP contribution in [0.4, 0.5) is 5.82 Å². The zero-order valence-electron chi connectivity index (χ0n) is 13.0. The van der Waals surface area contributed by atoms with E-state index >= 15 is 0 Å². The Morgan fingerprint density at radius 2 is 1.92 bits per heavy atom. The number of benzene rings is 1. The quantitative estimate of drug-likeness (QED) is 0.514. The highest BCUT2D eigenvalue weighted by molar-refractivity contribution is 7.84. The Labute approximate surface area is 151 Å². The molecule has 4 rings (SSSR count). The SMILES string of the molecule is N#CC1=C(S)Nc2nc(=S)[nH]c(-c3ccccc3)c2C12CCCC2. The lowest BCUT2D eigenvalue weighted by molar-refractivity contribution is 0.528. The third-order valence-corrected chi connectivity index (χ3v) is 5.52. The summed E-state index contributed by atoms with van der Waals surface area (Å²) in [7, 11) is 0. The number of thiol groups is 1. The van der Waals surface area contributed by atoms with Crippen LogP contribution in [0.5, 0.6) is 0 Å². The molecule has 0 radical (unpaired) electrons. The third-order valence-electron chi connectivity index (χ3n) is 4.99. The highest BCUT2D eigenvalue weighted by Crippen LogP contribution is 2.54. The molecule has 1 saturated carbocycles. The zero-order chi connectivity index (χ0) is 16.7. The lowest BCUT2D eigenvalue weighted by atomic mass is 9.70. The van der Waals surface area contributed by atoms with Crippen molar-refractivity contribution in [1.82, 2.24) is 9.97 Å². The molecule has 120 valence electrons. The lowest BCUT2D eigenvalue weighted by Gasteiger charge is -2.37. The molecule has 0 bridgehead atoms. The number of nitrogens with zero attached hydrogens (tertiary/aromatic N) is 2. The van der Waals surface area contributed by atoms with Crippen LogP contribution < -0.4 is 5.32 Å². The molecule has 1 aliphatic heterocycles. The van der Waals surface area contributed by atoms with Gasteiger partial charge in [0, 0.05) is 11.0 Å². The van der Waals surface area contributed by atoms with E-state index in [1.54, 1.807) is 0 Å². The third kappa shape index (κ3) is 2.20. The van der Waals surface area contributed by atoms with Crippen LogP contribution in [0.3, 0.4) is 0 Å². The molecule has 4 nitrogen and oxygen atoms in total. The van der Waals surface area contributed by atoms with Crippen molar-refractivity contribution in [3.05, 3.63) is 51.3 Å². The normalized spacial score (nSPS) is 18.2. The van der Waals surface area contributed by atoms with Crippen LogP contribution in [-0.2, 0) is 5.41 Å². The number of anilines is 1. The number of aromatic amines is 1. The summed E-state index contributed by atoms with van der Waals surface area (Å²) >= 11 is 9.86. The molecule has 24 heavy (non-hydrogen) atoms. The van der Waals surface area contributed by atoms with E-state index in [0.29, 0.717) is 15.4 Å². The lowest BCUT2D eigenvalue weighted by Crippen LogP contribution is -2.33. The fourth-order valence-corrected chi connectivity index (χ4v) is 4.58. The Balaban J connectivity index is 2.07. The molecule has 2 aromatic rings. The van der Waals surface area contributed by atoms with Gasteiger partial charge in [-0.05, 0) is 30.6 Å². The van der Waals surface area contributed by atoms with Crippen LogP contribution in [0.25, 0.3) is 11.3 Å². The van der Waals surface area contributed by atoms with Crippen LogP contribution >= 0.6 is 24.8 Å². The molecule has 2 heterocycles. The van der Waals surface area contributed by atoms with Crippen molar-refractivity contribution in [1.29, 1.82) is 5.26 Å². The number of rotatable bonds is 1. The molecule has 2 aliphatic rings. The summed E-state index contributed by atoms with van der Waals surface area (Å²) in [4.78, 5) is 7.76. The van der Waals surface area contributed by atoms with Crippen molar-refractivity contribution in [2.24, 2.45) is 0 Å². The minimum Gasteiger partial charge on any atom is -0.334 e. The smallest absolute Gasteiger partial charge is 0.199 e. The number of nitrogens with one attached hydrogen (secondary N) is 2. The second kappa shape index (κ2) is 5.76. The first-order chi connectivity index (χ1) is 11.7. The van der Waals surface area contributed by atoms with Gasteiger partial charge in [0.25, 0.3) is 0 Å². The highest BCUT2D eigenvalue weighted by atomic mass is 32.1. The second-order valence-corrected chi connectivity index (χ2v) is 7.09. The maximum absolute atomic E-state index is 9.78. The molecule has 1 aromatic heterocycles. The predicted molar refractivity (Wildman–Crippen MR) is 100 cm³/mol. The van der Waals surface area contributed by atoms with Gasteiger partial charge in [0.1, 0.15) is 5.82 Å². The topological polar surface area (TPSA) is 64.5 Å². The van der Waals surface area contributed by atoms with Crippen molar-refractivity contribution < 1.29 is 0 Å². The number of aromatic nitrogens is 2. The Hall–Kier alpha value is -2.10. The number of hydrogen-bond acceptors (Lipinski definition) is 5. The predicted octanol–water partition coefficient (Wildman–Crippen LogP) is 4.71. The molecule has 6 heteroatoms. The summed E-state index contributed by atoms with van der Waals surface area (Å²) in [6.45, 7) is 0. The van der Waals surface area contributed by atoms with Gasteiger partial charge in [-0.3, -0.25) is 0 Å². The van der Waals surface area contributed by atoms with Gasteiger partial charge in [0.15, 0.2) is 4.77 Å². The first kappa shape index (κ1) is 15.4. The molecule has 0 unspecified atom stereocenters. The van der Waals surface area contributed by atoms with Gasteiger partial charge < -0.3 is 10.3 Å². The van der Waals surface area contributed by atoms with Gasteiger partial charge in [0.05, 0.1) is 22.4 Å². The van der Waals surface area contributed by atoms with E-state index in [0.717, 1.165) is 48.3 Å². The summed E-state index contributed by atoms with van der Waals surface area (Å²) < 4.78 is 0.426. The first-order valence-corrected chi connectivity index (χ1v) is 8.82. The van der Waals surface area contributed by atoms with Crippen LogP contribution in [-0.4, -0.2) is 9.97 Å². The summed E-state index contributed by atoms with van der Waals surface area (Å²) in [6.07, 6.45) is 4.05. The molecular weight excluding hydrogens is 336 g/mol. The van der Waals surface area contributed by atoms with Crippen LogP contribution in [0.2, 0.25) is 0 Å². The maximum atomic E-state index is 9.78. The largest absolute Gasteiger partial charge is 0.334 e. The Morgan fingerprint density at radius 3 is 2.58 bits per heavy atom. The first-order valence-electron chi connectivity index (χ1n) is 7.97. The van der Waals surface area contributed by atoms with Crippen molar-refractivity contribution in [3.63, 3.8) is 0 Å². The number of allylic oxidation sites excluding steroid dienone is 1. The van der Waals surface area contributed by atoms with Gasteiger partial charge in [-0.1, -0.05) is 43.2 Å². The van der Waals surface area contributed by atoms with E-state index in [9.17, 15) is 5.26 Å². The maximum Gasteiger partial charge on any atom is 0.199 e. The van der Waals surface area contributed by atoms with Crippen LogP contribution in [0.15, 0.2) is 40.9 Å². The van der Waals surface area contributed by atoms with Crippen molar-refractivity contribution >= 4 is 30.7 Å². The van der Waals surface area contributed by atoms with Gasteiger partial charge >= 0.3 is 0 Å². The molecule has 0 saturated heterocycles. The summed E-state index contributed by atoms with van der Waals surface area (Å²) in [5.74, 6) is 0.725. The molecule has 1 fully saturated rings. The Bertz CT molecular complexity index is 932. The van der Waals surface area contributed by atoms with Gasteiger partial charge in [-0.25, -0.2) is 4.98 Å². The minimum absolute atomic E-state index is 0.329. The van der Waals surface area contributed by atoms with E-state index in [1.807, 2.05) is 18.2 Å². The van der Waals surface area contributed by atoms with Crippen molar-refractivity contribution in [3.8, 4) is 17.3 Å². The van der Waals surface area contributed by atoms with Gasteiger partial charge in [-0.15, -0.1) is 12.6 Å². The molecule has 0 amide bonds. The molecular formula is C18H16N4S2. The van der Waals surface area contributed by atoms with Crippen LogP contribution in [0, 0.1) is 16.1 Å². The average molecular weight is 352 g/mol.